The molecule has 7 heteroatoms. The Labute approximate surface area is 134 Å². The minimum Gasteiger partial charge on any atom is -0.207 e. The van der Waals surface area contributed by atoms with Gasteiger partial charge in [0.25, 0.3) is 0 Å². The number of alkyl halides is 4. The normalized spacial score (nSPS) is 13.3. The molecular formula is C14H7Br2F5. The van der Waals surface area contributed by atoms with Gasteiger partial charge in [-0.2, -0.15) is 13.2 Å². The molecule has 0 aromatic heterocycles. The lowest BCUT2D eigenvalue weighted by Crippen LogP contribution is -2.11. The maximum absolute atomic E-state index is 13.9. The Kier molecular flexibility index (Phi) is 4.72. The molecule has 21 heavy (non-hydrogen) atoms. The van der Waals surface area contributed by atoms with Crippen LogP contribution in [-0.4, -0.2) is 0 Å². The monoisotopic (exact) mass is 428 g/mol. The summed E-state index contributed by atoms with van der Waals surface area (Å²) in [5.41, 5.74) is -1.27. The first kappa shape index (κ1) is 16.4. The fraction of sp³-hybridized carbons (Fsp3) is 0.143. The number of rotatable bonds is 2. The first-order valence-corrected chi connectivity index (χ1v) is 7.37. The summed E-state index contributed by atoms with van der Waals surface area (Å²) in [6, 6.07) is 6.52. The zero-order valence-corrected chi connectivity index (χ0v) is 13.4. The van der Waals surface area contributed by atoms with Gasteiger partial charge in [0.2, 0.25) is 0 Å². The molecular weight excluding hydrogens is 423 g/mol. The molecule has 1 atom stereocenters. The summed E-state index contributed by atoms with van der Waals surface area (Å²) < 4.78 is 66.2. The molecule has 0 nitrogen and oxygen atoms in total. The van der Waals surface area contributed by atoms with Crippen LogP contribution in [0.2, 0.25) is 0 Å². The van der Waals surface area contributed by atoms with Crippen molar-refractivity contribution >= 4 is 31.9 Å². The van der Waals surface area contributed by atoms with E-state index in [0.717, 1.165) is 18.2 Å². The third-order valence-electron chi connectivity index (χ3n) is 2.85. The van der Waals surface area contributed by atoms with Crippen molar-refractivity contribution in [1.29, 1.82) is 0 Å². The van der Waals surface area contributed by atoms with Crippen molar-refractivity contribution in [3.8, 4) is 0 Å². The van der Waals surface area contributed by atoms with Gasteiger partial charge in [0.05, 0.1) is 14.9 Å². The number of benzene rings is 2. The zero-order valence-electron chi connectivity index (χ0n) is 10.2. The molecule has 0 aliphatic rings. The summed E-state index contributed by atoms with van der Waals surface area (Å²) >= 11 is 5.85. The van der Waals surface area contributed by atoms with E-state index < -0.39 is 28.2 Å². The van der Waals surface area contributed by atoms with Crippen molar-refractivity contribution in [2.45, 2.75) is 11.0 Å². The van der Waals surface area contributed by atoms with Crippen molar-refractivity contribution in [2.24, 2.45) is 0 Å². The van der Waals surface area contributed by atoms with Gasteiger partial charge in [0.1, 0.15) is 11.6 Å². The van der Waals surface area contributed by atoms with Gasteiger partial charge in [-0.1, -0.05) is 34.1 Å². The molecule has 112 valence electrons. The van der Waals surface area contributed by atoms with E-state index >= 15 is 0 Å². The predicted molar refractivity (Wildman–Crippen MR) is 76.3 cm³/mol. The highest BCUT2D eigenvalue weighted by molar-refractivity contribution is 9.10. The van der Waals surface area contributed by atoms with Gasteiger partial charge in [0.15, 0.2) is 0 Å². The van der Waals surface area contributed by atoms with E-state index in [0.29, 0.717) is 0 Å². The molecule has 0 spiro atoms. The molecule has 0 amide bonds. The maximum Gasteiger partial charge on any atom is 0.416 e. The number of hydrogen-bond acceptors (Lipinski definition) is 0. The molecule has 0 radical (unpaired) electrons. The third-order valence-corrected chi connectivity index (χ3v) is 4.45. The largest absolute Gasteiger partial charge is 0.416 e. The fourth-order valence-corrected chi connectivity index (χ4v) is 2.94. The second-order valence-corrected chi connectivity index (χ2v) is 6.01. The molecule has 0 fully saturated rings. The molecule has 0 N–H and O–H groups in total. The predicted octanol–water partition coefficient (Wildman–Crippen LogP) is 6.23. The van der Waals surface area contributed by atoms with Crippen molar-refractivity contribution < 1.29 is 22.0 Å². The molecule has 0 saturated heterocycles. The molecule has 0 aliphatic carbocycles. The Hall–Kier alpha value is -0.950. The van der Waals surface area contributed by atoms with Crippen LogP contribution in [0.4, 0.5) is 22.0 Å². The first-order chi connectivity index (χ1) is 9.71. The lowest BCUT2D eigenvalue weighted by Gasteiger charge is -2.18. The second kappa shape index (κ2) is 6.04. The fourth-order valence-electron chi connectivity index (χ4n) is 1.88. The summed E-state index contributed by atoms with van der Waals surface area (Å²) in [6.45, 7) is 0. The van der Waals surface area contributed by atoms with Crippen LogP contribution in [0.25, 0.3) is 0 Å². The maximum atomic E-state index is 13.9. The topological polar surface area (TPSA) is 0 Å². The van der Waals surface area contributed by atoms with Crippen LogP contribution in [-0.2, 0) is 6.18 Å². The Balaban J connectivity index is 2.56. The van der Waals surface area contributed by atoms with Crippen molar-refractivity contribution in [3.05, 3.63) is 69.2 Å². The van der Waals surface area contributed by atoms with Crippen LogP contribution in [0.15, 0.2) is 40.9 Å². The van der Waals surface area contributed by atoms with Crippen molar-refractivity contribution in [3.63, 3.8) is 0 Å². The van der Waals surface area contributed by atoms with E-state index in [-0.39, 0.29) is 15.6 Å². The van der Waals surface area contributed by atoms with Gasteiger partial charge < -0.3 is 0 Å². The molecule has 0 heterocycles. The second-order valence-electron chi connectivity index (χ2n) is 4.24. The number of hydrogen-bond donors (Lipinski definition) is 0. The van der Waals surface area contributed by atoms with E-state index in [4.69, 9.17) is 0 Å². The Morgan fingerprint density at radius 1 is 0.905 bits per heavy atom. The van der Waals surface area contributed by atoms with E-state index in [1.165, 1.54) is 18.2 Å². The van der Waals surface area contributed by atoms with E-state index in [1.54, 1.807) is 0 Å². The molecule has 2 aromatic carbocycles. The molecule has 2 aromatic rings. The minimum absolute atomic E-state index is 0.0902. The van der Waals surface area contributed by atoms with Gasteiger partial charge in [-0.3, -0.25) is 0 Å². The summed E-state index contributed by atoms with van der Waals surface area (Å²) in [5, 5.41) is 0. The molecule has 1 unspecified atom stereocenters. The Morgan fingerprint density at radius 3 is 2.14 bits per heavy atom. The van der Waals surface area contributed by atoms with E-state index in [9.17, 15) is 22.0 Å². The standard InChI is InChI=1S/C14H7Br2F5/c15-10-6-11(17)8(5-12(10)18)13(16)7-3-1-2-4-9(7)14(19,20)21/h1-6,13H. The first-order valence-electron chi connectivity index (χ1n) is 5.66. The quantitative estimate of drug-likeness (QED) is 0.301. The van der Waals surface area contributed by atoms with Gasteiger partial charge in [-0.15, -0.1) is 0 Å². The summed E-state index contributed by atoms with van der Waals surface area (Å²) in [6.07, 6.45) is -4.58. The van der Waals surface area contributed by atoms with Crippen LogP contribution < -0.4 is 0 Å². The summed E-state index contributed by atoms with van der Waals surface area (Å²) in [7, 11) is 0. The van der Waals surface area contributed by atoms with Crippen LogP contribution in [0.3, 0.4) is 0 Å². The lowest BCUT2D eigenvalue weighted by atomic mass is 9.99. The summed E-state index contributed by atoms with van der Waals surface area (Å²) in [4.78, 5) is -1.11. The molecule has 0 saturated carbocycles. The Morgan fingerprint density at radius 2 is 1.52 bits per heavy atom. The van der Waals surface area contributed by atoms with Crippen LogP contribution >= 0.6 is 31.9 Å². The van der Waals surface area contributed by atoms with Gasteiger partial charge in [0, 0.05) is 5.56 Å². The average Bonchev–Trinajstić information content (AvgIpc) is 2.41. The molecule has 0 aliphatic heterocycles. The number of halogens is 7. The van der Waals surface area contributed by atoms with Gasteiger partial charge >= 0.3 is 6.18 Å². The lowest BCUT2D eigenvalue weighted by molar-refractivity contribution is -0.138. The molecule has 0 bridgehead atoms. The highest BCUT2D eigenvalue weighted by Crippen LogP contribution is 2.41. The Bertz CT molecular complexity index is 667. The van der Waals surface area contributed by atoms with Crippen LogP contribution in [0.1, 0.15) is 21.5 Å². The zero-order chi connectivity index (χ0) is 15.8. The van der Waals surface area contributed by atoms with Crippen LogP contribution in [0, 0.1) is 11.6 Å². The summed E-state index contributed by atoms with van der Waals surface area (Å²) in [5.74, 6) is -1.55. The highest BCUT2D eigenvalue weighted by Gasteiger charge is 2.35. The van der Waals surface area contributed by atoms with Crippen molar-refractivity contribution in [2.75, 3.05) is 0 Å². The third kappa shape index (κ3) is 3.45. The average molecular weight is 430 g/mol. The van der Waals surface area contributed by atoms with Gasteiger partial charge in [-0.05, 0) is 39.7 Å². The van der Waals surface area contributed by atoms with Crippen LogP contribution in [0.5, 0.6) is 0 Å². The molecule has 2 rings (SSSR count). The van der Waals surface area contributed by atoms with E-state index in [1.807, 2.05) is 0 Å². The SMILES string of the molecule is Fc1cc(C(Br)c2ccccc2C(F)(F)F)c(F)cc1Br. The highest BCUT2D eigenvalue weighted by atomic mass is 79.9. The smallest absolute Gasteiger partial charge is 0.207 e. The minimum atomic E-state index is -4.58. The van der Waals surface area contributed by atoms with E-state index in [2.05, 4.69) is 31.9 Å². The van der Waals surface area contributed by atoms with Crippen molar-refractivity contribution in [1.82, 2.24) is 0 Å². The van der Waals surface area contributed by atoms with Gasteiger partial charge in [-0.25, -0.2) is 8.78 Å².